The molecular formula is C31H38ClN7O2. The maximum atomic E-state index is 13.4. The molecule has 10 heteroatoms. The Balaban J connectivity index is 1.37. The molecule has 2 heterocycles. The second-order valence-electron chi connectivity index (χ2n) is 10.9. The minimum Gasteiger partial charge on any atom is -0.459 e. The van der Waals surface area contributed by atoms with Crippen molar-refractivity contribution in [3.63, 3.8) is 0 Å². The van der Waals surface area contributed by atoms with Gasteiger partial charge in [0.2, 0.25) is 5.82 Å². The largest absolute Gasteiger partial charge is 0.459 e. The van der Waals surface area contributed by atoms with Crippen LogP contribution in [0.25, 0.3) is 22.5 Å². The number of imidazole rings is 1. The molecule has 4 aromatic rings. The van der Waals surface area contributed by atoms with E-state index in [9.17, 15) is 4.79 Å². The Hall–Kier alpha value is -3.56. The van der Waals surface area contributed by atoms with Gasteiger partial charge in [0.25, 0.3) is 0 Å². The zero-order valence-corrected chi connectivity index (χ0v) is 24.6. The van der Waals surface area contributed by atoms with E-state index in [4.69, 9.17) is 21.3 Å². The van der Waals surface area contributed by atoms with Crippen molar-refractivity contribution < 1.29 is 9.53 Å². The standard InChI is InChI=1S/C31H38ClN7O2/c1-3-4-12-27-34-28(32)26(20-41-30(40)31(21-33-2)17-8-5-9-18-31)39(27)19-22-13-15-23(16-14-22)24-10-6-7-11-25(24)29-35-37-38-36-29/h6-7,10-11,13-16,33H,3-5,8-9,12,17-21H2,1-2H3,(H,35,36,37,38). The molecule has 0 atom stereocenters. The Bertz CT molecular complexity index is 1420. The Kier molecular flexibility index (Phi) is 9.46. The van der Waals surface area contributed by atoms with Crippen molar-refractivity contribution in [2.75, 3.05) is 13.6 Å². The number of benzene rings is 2. The van der Waals surface area contributed by atoms with E-state index in [-0.39, 0.29) is 12.6 Å². The number of hydrogen-bond donors (Lipinski definition) is 2. The van der Waals surface area contributed by atoms with Gasteiger partial charge in [0, 0.05) is 25.1 Å². The van der Waals surface area contributed by atoms with Gasteiger partial charge in [-0.05, 0) is 48.2 Å². The molecule has 0 saturated heterocycles. The van der Waals surface area contributed by atoms with Crippen molar-refractivity contribution in [3.05, 3.63) is 70.8 Å². The molecule has 216 valence electrons. The summed E-state index contributed by atoms with van der Waals surface area (Å²) in [6, 6.07) is 16.4. The molecule has 0 bridgehead atoms. The summed E-state index contributed by atoms with van der Waals surface area (Å²) in [6.45, 7) is 3.48. The maximum Gasteiger partial charge on any atom is 0.313 e. The highest BCUT2D eigenvalue weighted by Gasteiger charge is 2.40. The van der Waals surface area contributed by atoms with Gasteiger partial charge in [-0.15, -0.1) is 10.2 Å². The van der Waals surface area contributed by atoms with E-state index in [1.807, 2.05) is 25.2 Å². The fraction of sp³-hybridized carbons (Fsp3) is 0.452. The molecule has 9 nitrogen and oxygen atoms in total. The van der Waals surface area contributed by atoms with Gasteiger partial charge in [-0.3, -0.25) is 4.79 Å². The number of nitrogens with one attached hydrogen (secondary N) is 2. The summed E-state index contributed by atoms with van der Waals surface area (Å²) in [5.74, 6) is 1.33. The lowest BCUT2D eigenvalue weighted by Gasteiger charge is -2.34. The van der Waals surface area contributed by atoms with Gasteiger partial charge in [-0.2, -0.15) is 5.21 Å². The molecule has 0 amide bonds. The van der Waals surface area contributed by atoms with Crippen LogP contribution in [0.1, 0.15) is 69.0 Å². The van der Waals surface area contributed by atoms with Crippen LogP contribution in [0.15, 0.2) is 48.5 Å². The van der Waals surface area contributed by atoms with Crippen LogP contribution in [0.2, 0.25) is 5.15 Å². The van der Waals surface area contributed by atoms with Crippen molar-refractivity contribution in [2.24, 2.45) is 5.41 Å². The number of rotatable bonds is 12. The molecule has 41 heavy (non-hydrogen) atoms. The first-order valence-electron chi connectivity index (χ1n) is 14.5. The summed E-state index contributed by atoms with van der Waals surface area (Å²) >= 11 is 6.68. The lowest BCUT2D eigenvalue weighted by molar-refractivity contribution is -0.159. The van der Waals surface area contributed by atoms with Crippen molar-refractivity contribution in [3.8, 4) is 22.5 Å². The number of ether oxygens (including phenoxy) is 1. The predicted octanol–water partition coefficient (Wildman–Crippen LogP) is 5.99. The molecule has 1 aliphatic carbocycles. The molecule has 0 spiro atoms. The first-order valence-corrected chi connectivity index (χ1v) is 14.9. The van der Waals surface area contributed by atoms with Crippen LogP contribution in [0.3, 0.4) is 0 Å². The highest BCUT2D eigenvalue weighted by atomic mass is 35.5. The van der Waals surface area contributed by atoms with Gasteiger partial charge in [-0.1, -0.05) is 92.7 Å². The smallest absolute Gasteiger partial charge is 0.313 e. The van der Waals surface area contributed by atoms with Crippen LogP contribution in [-0.2, 0) is 29.1 Å². The van der Waals surface area contributed by atoms with Crippen LogP contribution >= 0.6 is 11.6 Å². The van der Waals surface area contributed by atoms with Crippen LogP contribution in [-0.4, -0.2) is 49.7 Å². The molecule has 1 fully saturated rings. The minimum atomic E-state index is -0.469. The zero-order valence-electron chi connectivity index (χ0n) is 23.8. The monoisotopic (exact) mass is 575 g/mol. The third kappa shape index (κ3) is 6.52. The summed E-state index contributed by atoms with van der Waals surface area (Å²) in [5, 5.41) is 18.2. The summed E-state index contributed by atoms with van der Waals surface area (Å²) in [5.41, 5.74) is 4.37. The fourth-order valence-electron chi connectivity index (χ4n) is 5.84. The lowest BCUT2D eigenvalue weighted by Crippen LogP contribution is -2.42. The molecule has 2 aromatic carbocycles. The van der Waals surface area contributed by atoms with Gasteiger partial charge in [0.15, 0.2) is 5.15 Å². The van der Waals surface area contributed by atoms with Crippen LogP contribution < -0.4 is 5.32 Å². The highest BCUT2D eigenvalue weighted by Crippen LogP contribution is 2.37. The van der Waals surface area contributed by atoms with E-state index < -0.39 is 5.41 Å². The van der Waals surface area contributed by atoms with Crippen molar-refractivity contribution in [2.45, 2.75) is 71.4 Å². The molecule has 1 saturated carbocycles. The highest BCUT2D eigenvalue weighted by molar-refractivity contribution is 6.30. The number of unbranched alkanes of at least 4 members (excludes halogenated alkanes) is 1. The third-order valence-corrected chi connectivity index (χ3v) is 8.38. The summed E-state index contributed by atoms with van der Waals surface area (Å²) < 4.78 is 8.11. The SMILES string of the molecule is CCCCc1nc(Cl)c(COC(=O)C2(CNC)CCCCC2)n1Cc1ccc(-c2ccccc2-c2nn[nH]n2)cc1. The van der Waals surface area contributed by atoms with Gasteiger partial charge in [0.1, 0.15) is 12.4 Å². The number of tetrazole rings is 1. The summed E-state index contributed by atoms with van der Waals surface area (Å²) in [6.07, 6.45) is 7.83. The van der Waals surface area contributed by atoms with E-state index in [0.717, 1.165) is 78.7 Å². The van der Waals surface area contributed by atoms with Crippen LogP contribution in [0, 0.1) is 5.41 Å². The number of esters is 1. The minimum absolute atomic E-state index is 0.110. The number of hydrogen-bond acceptors (Lipinski definition) is 7. The quantitative estimate of drug-likeness (QED) is 0.200. The number of carbonyl (C=O) groups excluding carboxylic acids is 1. The van der Waals surface area contributed by atoms with Gasteiger partial charge in [0.05, 0.1) is 11.1 Å². The van der Waals surface area contributed by atoms with Crippen molar-refractivity contribution >= 4 is 17.6 Å². The van der Waals surface area contributed by atoms with Gasteiger partial charge in [-0.25, -0.2) is 4.98 Å². The fourth-order valence-corrected chi connectivity index (χ4v) is 6.09. The Labute approximate surface area is 246 Å². The molecule has 0 unspecified atom stereocenters. The molecule has 0 aliphatic heterocycles. The lowest BCUT2D eigenvalue weighted by atomic mass is 9.74. The molecule has 1 aliphatic rings. The number of aromatic amines is 1. The number of nitrogens with zero attached hydrogens (tertiary/aromatic N) is 5. The third-order valence-electron chi connectivity index (χ3n) is 8.07. The van der Waals surface area contributed by atoms with E-state index in [0.29, 0.717) is 24.1 Å². The van der Waals surface area contributed by atoms with E-state index in [2.05, 4.69) is 67.8 Å². The maximum absolute atomic E-state index is 13.4. The summed E-state index contributed by atoms with van der Waals surface area (Å²) in [7, 11) is 1.89. The topological polar surface area (TPSA) is 111 Å². The molecule has 5 rings (SSSR count). The zero-order chi connectivity index (χ0) is 28.7. The van der Waals surface area contributed by atoms with Crippen molar-refractivity contribution in [1.82, 2.24) is 35.5 Å². The predicted molar refractivity (Wildman–Crippen MR) is 159 cm³/mol. The number of H-pyrrole nitrogens is 1. The van der Waals surface area contributed by atoms with Gasteiger partial charge >= 0.3 is 5.97 Å². The second kappa shape index (κ2) is 13.4. The summed E-state index contributed by atoms with van der Waals surface area (Å²) in [4.78, 5) is 18.1. The number of halogens is 1. The Morgan fingerprint density at radius 1 is 1.10 bits per heavy atom. The van der Waals surface area contributed by atoms with Crippen LogP contribution in [0.5, 0.6) is 0 Å². The van der Waals surface area contributed by atoms with E-state index >= 15 is 0 Å². The molecule has 2 aromatic heterocycles. The first kappa shape index (κ1) is 29.0. The molecule has 0 radical (unpaired) electrons. The van der Waals surface area contributed by atoms with Crippen molar-refractivity contribution in [1.29, 1.82) is 0 Å². The Morgan fingerprint density at radius 3 is 2.54 bits per heavy atom. The molecular weight excluding hydrogens is 538 g/mol. The van der Waals surface area contributed by atoms with E-state index in [1.54, 1.807) is 0 Å². The van der Waals surface area contributed by atoms with Crippen LogP contribution in [0.4, 0.5) is 0 Å². The number of carbonyl (C=O) groups is 1. The average Bonchev–Trinajstić information content (AvgIpc) is 3.64. The first-order chi connectivity index (χ1) is 20.0. The number of aromatic nitrogens is 6. The normalized spacial score (nSPS) is 14.7. The van der Waals surface area contributed by atoms with E-state index in [1.165, 1.54) is 6.42 Å². The van der Waals surface area contributed by atoms with Gasteiger partial charge < -0.3 is 14.6 Å². The number of aryl methyl sites for hydroxylation is 1. The molecule has 2 N–H and O–H groups in total. The second-order valence-corrected chi connectivity index (χ2v) is 11.2. The average molecular weight is 576 g/mol. The Morgan fingerprint density at radius 2 is 1.85 bits per heavy atom.